The molecule has 114 valence electrons. The lowest BCUT2D eigenvalue weighted by atomic mass is 9.85. The van der Waals surface area contributed by atoms with Crippen molar-refractivity contribution >= 4 is 0 Å². The van der Waals surface area contributed by atoms with Crippen molar-refractivity contribution < 1.29 is 9.15 Å². The molecule has 20 heavy (non-hydrogen) atoms. The average molecular weight is 279 g/mol. The van der Waals surface area contributed by atoms with E-state index in [2.05, 4.69) is 26.1 Å². The number of hydrogen-bond acceptors (Lipinski definition) is 3. The van der Waals surface area contributed by atoms with Gasteiger partial charge in [-0.05, 0) is 24.8 Å². The maximum Gasteiger partial charge on any atom is 0.123 e. The van der Waals surface area contributed by atoms with Gasteiger partial charge < -0.3 is 14.5 Å². The Morgan fingerprint density at radius 1 is 1.35 bits per heavy atom. The molecule has 1 saturated carbocycles. The second-order valence-corrected chi connectivity index (χ2v) is 6.21. The molecular formula is C17H29NO2. The molecule has 2 rings (SSSR count). The molecule has 1 aliphatic rings. The van der Waals surface area contributed by atoms with Gasteiger partial charge in [-0.3, -0.25) is 0 Å². The van der Waals surface area contributed by atoms with Crippen molar-refractivity contribution in [2.45, 2.75) is 78.2 Å². The number of nitrogens with one attached hydrogen (secondary N) is 1. The molecule has 2 atom stereocenters. The van der Waals surface area contributed by atoms with Gasteiger partial charge in [-0.2, -0.15) is 0 Å². The third-order valence-corrected chi connectivity index (χ3v) is 4.33. The van der Waals surface area contributed by atoms with Crippen LogP contribution >= 0.6 is 0 Å². The lowest BCUT2D eigenvalue weighted by molar-refractivity contribution is -0.0227. The monoisotopic (exact) mass is 279 g/mol. The van der Waals surface area contributed by atoms with Gasteiger partial charge in [0.05, 0.1) is 25.5 Å². The molecule has 0 radical (unpaired) electrons. The summed E-state index contributed by atoms with van der Waals surface area (Å²) in [5.74, 6) is 1.76. The summed E-state index contributed by atoms with van der Waals surface area (Å²) in [7, 11) is 0. The molecule has 0 aliphatic heterocycles. The molecule has 0 saturated heterocycles. The number of furan rings is 1. The summed E-state index contributed by atoms with van der Waals surface area (Å²) >= 11 is 0. The highest BCUT2D eigenvalue weighted by atomic mass is 16.5. The molecule has 1 fully saturated rings. The Morgan fingerprint density at radius 2 is 2.15 bits per heavy atom. The van der Waals surface area contributed by atoms with E-state index in [1.54, 1.807) is 6.26 Å². The normalized spacial score (nSPS) is 23.4. The summed E-state index contributed by atoms with van der Waals surface area (Å²) in [6, 6.07) is 2.51. The van der Waals surface area contributed by atoms with Crippen LogP contribution in [-0.4, -0.2) is 12.1 Å². The third kappa shape index (κ3) is 4.35. The van der Waals surface area contributed by atoms with Crippen LogP contribution in [0.4, 0.5) is 0 Å². The molecule has 3 nitrogen and oxygen atoms in total. The minimum Gasteiger partial charge on any atom is -0.468 e. The summed E-state index contributed by atoms with van der Waals surface area (Å²) in [4.78, 5) is 0. The molecule has 0 amide bonds. The van der Waals surface area contributed by atoms with Crippen molar-refractivity contribution in [1.82, 2.24) is 5.32 Å². The number of hydrogen-bond donors (Lipinski definition) is 1. The van der Waals surface area contributed by atoms with Gasteiger partial charge in [0, 0.05) is 11.6 Å². The summed E-state index contributed by atoms with van der Waals surface area (Å²) in [5, 5.41) is 3.40. The molecule has 3 heteroatoms. The second-order valence-electron chi connectivity index (χ2n) is 6.21. The van der Waals surface area contributed by atoms with Crippen molar-refractivity contribution in [3.8, 4) is 0 Å². The summed E-state index contributed by atoms with van der Waals surface area (Å²) in [5.41, 5.74) is 1.19. The highest BCUT2D eigenvalue weighted by molar-refractivity contribution is 5.16. The molecule has 0 aromatic carbocycles. The Balaban J connectivity index is 1.85. The van der Waals surface area contributed by atoms with Crippen molar-refractivity contribution in [1.29, 1.82) is 0 Å². The lowest BCUT2D eigenvalue weighted by Crippen LogP contribution is -2.27. The van der Waals surface area contributed by atoms with Crippen LogP contribution in [0.15, 0.2) is 16.7 Å². The van der Waals surface area contributed by atoms with Crippen molar-refractivity contribution in [2.75, 3.05) is 0 Å². The lowest BCUT2D eigenvalue weighted by Gasteiger charge is -2.30. The summed E-state index contributed by atoms with van der Waals surface area (Å²) in [6.07, 6.45) is 8.67. The first-order chi connectivity index (χ1) is 9.70. The first-order valence-corrected chi connectivity index (χ1v) is 8.11. The third-order valence-electron chi connectivity index (χ3n) is 4.33. The molecule has 2 unspecified atom stereocenters. The van der Waals surface area contributed by atoms with Gasteiger partial charge in [0.15, 0.2) is 0 Å². The highest BCUT2D eigenvalue weighted by Crippen LogP contribution is 2.30. The van der Waals surface area contributed by atoms with E-state index < -0.39 is 0 Å². The Kier molecular flexibility index (Phi) is 6.11. The average Bonchev–Trinajstić information content (AvgIpc) is 2.90. The predicted octanol–water partition coefficient (Wildman–Crippen LogP) is 4.26. The quantitative estimate of drug-likeness (QED) is 0.809. The van der Waals surface area contributed by atoms with Gasteiger partial charge in [0.2, 0.25) is 0 Å². The van der Waals surface area contributed by atoms with Crippen LogP contribution in [0.5, 0.6) is 0 Å². The van der Waals surface area contributed by atoms with E-state index >= 15 is 0 Å². The fourth-order valence-electron chi connectivity index (χ4n) is 3.00. The molecule has 0 bridgehead atoms. The standard InChI is InChI=1S/C17H29NO2/c1-4-14-7-5-6-8-16(14)20-12-15-9-10-19-17(15)11-18-13(2)3/h9-10,13-14,16,18H,4-8,11-12H2,1-3H3. The summed E-state index contributed by atoms with van der Waals surface area (Å²) in [6.45, 7) is 8.04. The maximum atomic E-state index is 6.19. The smallest absolute Gasteiger partial charge is 0.123 e. The number of rotatable bonds is 7. The zero-order chi connectivity index (χ0) is 14.4. The molecule has 1 aromatic rings. The van der Waals surface area contributed by atoms with E-state index in [4.69, 9.17) is 9.15 Å². The minimum absolute atomic E-state index is 0.439. The maximum absolute atomic E-state index is 6.19. The zero-order valence-electron chi connectivity index (χ0n) is 13.2. The van der Waals surface area contributed by atoms with E-state index in [1.807, 2.05) is 6.07 Å². The fraction of sp³-hybridized carbons (Fsp3) is 0.765. The summed E-state index contributed by atoms with van der Waals surface area (Å²) < 4.78 is 11.8. The van der Waals surface area contributed by atoms with Gasteiger partial charge in [-0.25, -0.2) is 0 Å². The topological polar surface area (TPSA) is 34.4 Å². The van der Waals surface area contributed by atoms with Crippen LogP contribution in [0, 0.1) is 5.92 Å². The minimum atomic E-state index is 0.439. The highest BCUT2D eigenvalue weighted by Gasteiger charge is 2.24. The predicted molar refractivity (Wildman–Crippen MR) is 81.5 cm³/mol. The Hall–Kier alpha value is -0.800. The molecule has 1 aliphatic carbocycles. The zero-order valence-corrected chi connectivity index (χ0v) is 13.2. The van der Waals surface area contributed by atoms with E-state index in [9.17, 15) is 0 Å². The van der Waals surface area contributed by atoms with Crippen LogP contribution in [0.25, 0.3) is 0 Å². The SMILES string of the molecule is CCC1CCCCC1OCc1ccoc1CNC(C)C. The molecule has 1 N–H and O–H groups in total. The first-order valence-electron chi connectivity index (χ1n) is 8.11. The molecule has 0 spiro atoms. The van der Waals surface area contributed by atoms with E-state index in [1.165, 1.54) is 37.7 Å². The van der Waals surface area contributed by atoms with Gasteiger partial charge >= 0.3 is 0 Å². The number of ether oxygens (including phenoxy) is 1. The van der Waals surface area contributed by atoms with E-state index in [0.29, 0.717) is 18.8 Å². The van der Waals surface area contributed by atoms with E-state index in [-0.39, 0.29) is 0 Å². The van der Waals surface area contributed by atoms with Gasteiger partial charge in [-0.15, -0.1) is 0 Å². The Bertz CT molecular complexity index is 386. The molecule has 1 heterocycles. The molecule has 1 aromatic heterocycles. The van der Waals surface area contributed by atoms with Crippen molar-refractivity contribution in [3.63, 3.8) is 0 Å². The van der Waals surface area contributed by atoms with Crippen molar-refractivity contribution in [3.05, 3.63) is 23.7 Å². The van der Waals surface area contributed by atoms with Crippen LogP contribution in [-0.2, 0) is 17.9 Å². The largest absolute Gasteiger partial charge is 0.468 e. The molecular weight excluding hydrogens is 250 g/mol. The fourth-order valence-corrected chi connectivity index (χ4v) is 3.00. The van der Waals surface area contributed by atoms with Gasteiger partial charge in [-0.1, -0.05) is 40.0 Å². The Labute approximate surface area is 123 Å². The van der Waals surface area contributed by atoms with Gasteiger partial charge in [0.25, 0.3) is 0 Å². The van der Waals surface area contributed by atoms with Crippen LogP contribution in [0.3, 0.4) is 0 Å². The second kappa shape index (κ2) is 7.84. The Morgan fingerprint density at radius 3 is 2.90 bits per heavy atom. The van der Waals surface area contributed by atoms with Gasteiger partial charge in [0.1, 0.15) is 5.76 Å². The van der Waals surface area contributed by atoms with Crippen LogP contribution < -0.4 is 5.32 Å². The van der Waals surface area contributed by atoms with Crippen LogP contribution in [0.2, 0.25) is 0 Å². The van der Waals surface area contributed by atoms with Crippen LogP contribution in [0.1, 0.15) is 64.2 Å². The van der Waals surface area contributed by atoms with E-state index in [0.717, 1.165) is 18.2 Å². The first kappa shape index (κ1) is 15.6. The van der Waals surface area contributed by atoms with Crippen molar-refractivity contribution in [2.24, 2.45) is 5.92 Å².